The molecule has 0 bridgehead atoms. The van der Waals surface area contributed by atoms with E-state index in [9.17, 15) is 5.11 Å². The summed E-state index contributed by atoms with van der Waals surface area (Å²) >= 11 is 84.5. The Morgan fingerprint density at radius 3 is 1.07 bits per heavy atom. The highest BCUT2D eigenvalue weighted by molar-refractivity contribution is 6.79. The minimum Gasteiger partial charge on any atom is -0.232 e. The first kappa shape index (κ1) is 29.3. The van der Waals surface area contributed by atoms with Crippen molar-refractivity contribution >= 4 is 162 Å². The quantitative estimate of drug-likeness (QED) is 0.278. The molecule has 0 saturated carbocycles. The Bertz CT molecular complexity index is 659. The van der Waals surface area contributed by atoms with Gasteiger partial charge in [-0.3, -0.25) is 0 Å². The highest BCUT2D eigenvalue weighted by Crippen LogP contribution is 2.64. The van der Waals surface area contributed by atoms with Crippen LogP contribution in [0.4, 0.5) is 0 Å². The van der Waals surface area contributed by atoms with Gasteiger partial charge in [0.15, 0.2) is 8.67 Å². The van der Waals surface area contributed by atoms with Crippen LogP contribution in [0.15, 0.2) is 18.2 Å². The molecule has 0 unspecified atom stereocenters. The van der Waals surface area contributed by atoms with Crippen LogP contribution in [0.5, 0.6) is 0 Å². The predicted octanol–water partition coefficient (Wildman–Crippen LogP) is 9.97. The monoisotopic (exact) mass is 667 g/mol. The lowest BCUT2D eigenvalue weighted by atomic mass is 9.94. The smallest absolute Gasteiger partial charge is 0.226 e. The average Bonchev–Trinajstić information content (AvgIpc) is 2.51. The predicted molar refractivity (Wildman–Crippen MR) is 127 cm³/mol. The van der Waals surface area contributed by atoms with Gasteiger partial charge in [0, 0.05) is 0 Å². The van der Waals surface area contributed by atoms with Crippen LogP contribution in [-0.2, 0) is 20.4 Å². The number of halogens is 14. The fourth-order valence-corrected chi connectivity index (χ4v) is 5.14. The van der Waals surface area contributed by atoms with Crippen LogP contribution < -0.4 is 0 Å². The van der Waals surface area contributed by atoms with Gasteiger partial charge in [-0.2, -0.15) is 0 Å². The van der Waals surface area contributed by atoms with Gasteiger partial charge >= 0.3 is 0 Å². The summed E-state index contributed by atoms with van der Waals surface area (Å²) in [6.45, 7) is -0.999. The van der Waals surface area contributed by atoms with Gasteiger partial charge < -0.3 is 0 Å². The van der Waals surface area contributed by atoms with Crippen LogP contribution in [0, 0.1) is 0 Å². The number of rotatable bonds is 5. The van der Waals surface area contributed by atoms with Crippen LogP contribution in [0.25, 0.3) is 0 Å². The van der Waals surface area contributed by atoms with Crippen LogP contribution in [-0.4, -0.2) is 16.3 Å². The fraction of sp³-hybridized carbons (Fsp3) is 0.538. The second-order valence-electron chi connectivity index (χ2n) is 5.27. The van der Waals surface area contributed by atoms with Crippen LogP contribution in [0.2, 0.25) is 0 Å². The number of hydrogen-bond acceptors (Lipinski definition) is 0. The summed E-state index contributed by atoms with van der Waals surface area (Å²) in [4.78, 5) is 0. The number of alkyl halides is 14. The maximum Gasteiger partial charge on any atom is 0.226 e. The van der Waals surface area contributed by atoms with Crippen LogP contribution in [0.1, 0.15) is 16.7 Å². The van der Waals surface area contributed by atoms with Crippen molar-refractivity contribution in [3.05, 3.63) is 34.9 Å². The van der Waals surface area contributed by atoms with E-state index in [1.165, 1.54) is 18.2 Å². The Kier molecular flexibility index (Phi) is 9.90. The van der Waals surface area contributed by atoms with E-state index in [1.807, 2.05) is 0 Å². The van der Waals surface area contributed by atoms with Crippen molar-refractivity contribution in [2.75, 3.05) is 0 Å². The summed E-state index contributed by atoms with van der Waals surface area (Å²) in [6.07, 6.45) is 0. The molecule has 1 aromatic carbocycles. The lowest BCUT2D eigenvalue weighted by Crippen LogP contribution is -2.47. The summed E-state index contributed by atoms with van der Waals surface area (Å²) in [5, 5.41) is 12.0. The van der Waals surface area contributed by atoms with Gasteiger partial charge in [-0.15, -0.1) is 0 Å². The summed E-state index contributed by atoms with van der Waals surface area (Å²) < 4.78 is -14.3. The molecule has 15 heteroatoms. The molecule has 0 aromatic heterocycles. The fourth-order valence-electron chi connectivity index (χ4n) is 2.02. The second kappa shape index (κ2) is 9.47. The van der Waals surface area contributed by atoms with Gasteiger partial charge in [-0.05, 0) is 16.7 Å². The van der Waals surface area contributed by atoms with Crippen molar-refractivity contribution in [1.29, 1.82) is 0 Å². The molecular formula is C13H5Cl14O. The Hall–Kier alpha value is 3.24. The topological polar surface area (TPSA) is 19.9 Å². The molecule has 0 heterocycles. The van der Waals surface area contributed by atoms with Gasteiger partial charge in [0.25, 0.3) is 0 Å². The van der Waals surface area contributed by atoms with Crippen molar-refractivity contribution < 1.29 is 5.11 Å². The van der Waals surface area contributed by atoms with E-state index in [1.54, 1.807) is 0 Å². The van der Waals surface area contributed by atoms with Gasteiger partial charge in [0.05, 0.1) is 0 Å². The minimum atomic E-state index is -2.44. The van der Waals surface area contributed by atoms with Crippen molar-refractivity contribution in [2.24, 2.45) is 0 Å². The molecule has 0 aliphatic rings. The van der Waals surface area contributed by atoms with Crippen molar-refractivity contribution in [3.63, 3.8) is 0 Å². The molecule has 1 radical (unpaired) electrons. The van der Waals surface area contributed by atoms with E-state index in [4.69, 9.17) is 162 Å². The molecule has 0 fully saturated rings. The van der Waals surface area contributed by atoms with Crippen molar-refractivity contribution in [3.8, 4) is 0 Å². The van der Waals surface area contributed by atoms with E-state index >= 15 is 0 Å². The highest BCUT2D eigenvalue weighted by atomic mass is 35.6. The summed E-state index contributed by atoms with van der Waals surface area (Å²) in [6, 6.07) is 3.92. The van der Waals surface area contributed by atoms with Gasteiger partial charge in [-0.1, -0.05) is 181 Å². The van der Waals surface area contributed by atoms with E-state index < -0.39 is 31.5 Å². The SMILES string of the molecule is [O]Cc1c(C(Cl)(Cl)C(Cl)(Cl)C(Cl)(Cl)Cl)cccc1C(Cl)(Cl)C(Cl)(Cl)C(Cl)(Cl)Cl. The molecule has 1 aromatic rings. The van der Waals surface area contributed by atoms with Gasteiger partial charge in [0.1, 0.15) is 6.61 Å². The molecule has 0 aliphatic heterocycles. The highest BCUT2D eigenvalue weighted by Gasteiger charge is 2.64. The van der Waals surface area contributed by atoms with E-state index in [-0.39, 0.29) is 16.7 Å². The third-order valence-corrected chi connectivity index (χ3v) is 11.3. The first-order valence-electron chi connectivity index (χ1n) is 6.53. The largest absolute Gasteiger partial charge is 0.232 e. The normalized spacial score (nSPS) is 15.1. The maximum atomic E-state index is 12.0. The van der Waals surface area contributed by atoms with Crippen LogP contribution in [0.3, 0.4) is 0 Å². The molecule has 0 N–H and O–H groups in total. The Morgan fingerprint density at radius 1 is 0.571 bits per heavy atom. The minimum absolute atomic E-state index is 0.182. The molecule has 161 valence electrons. The molecule has 0 aliphatic carbocycles. The molecule has 0 saturated heterocycles. The first-order valence-corrected chi connectivity index (χ1v) is 11.8. The Morgan fingerprint density at radius 2 is 0.857 bits per heavy atom. The first-order chi connectivity index (χ1) is 12.2. The molecule has 0 spiro atoms. The molecule has 1 nitrogen and oxygen atoms in total. The molecule has 0 atom stereocenters. The molecule has 28 heavy (non-hydrogen) atoms. The molecular weight excluding hydrogens is 668 g/mol. The Balaban J connectivity index is 3.81. The lowest BCUT2D eigenvalue weighted by Gasteiger charge is -2.41. The molecule has 0 amide bonds. The van der Waals surface area contributed by atoms with E-state index in [2.05, 4.69) is 0 Å². The molecule has 1 rings (SSSR count). The zero-order valence-corrected chi connectivity index (χ0v) is 23.2. The third-order valence-electron chi connectivity index (χ3n) is 3.50. The lowest BCUT2D eigenvalue weighted by molar-refractivity contribution is 0.175. The number of hydrogen-bond donors (Lipinski definition) is 0. The zero-order valence-electron chi connectivity index (χ0n) is 12.6. The maximum absolute atomic E-state index is 12.0. The van der Waals surface area contributed by atoms with E-state index in [0.717, 1.165) is 0 Å². The third kappa shape index (κ3) is 5.16. The van der Waals surface area contributed by atoms with Crippen LogP contribution >= 0.6 is 162 Å². The standard InChI is InChI=1S/C13H5Cl14O/c14-8(15,10(18,19)12(22,23)24)6-2-1-3-7(5(6)4-28)9(16,17)11(20,21)13(25,26)27/h1-3H,4H2. The van der Waals surface area contributed by atoms with Gasteiger partial charge in [0.2, 0.25) is 16.3 Å². The van der Waals surface area contributed by atoms with Crippen molar-refractivity contribution in [2.45, 2.75) is 31.5 Å². The second-order valence-corrected chi connectivity index (χ2v) is 15.1. The Labute approximate surface area is 231 Å². The van der Waals surface area contributed by atoms with Gasteiger partial charge in [-0.25, -0.2) is 5.11 Å². The summed E-state index contributed by atoms with van der Waals surface area (Å²) in [5.74, 6) is 0. The summed E-state index contributed by atoms with van der Waals surface area (Å²) in [7, 11) is 0. The van der Waals surface area contributed by atoms with Crippen molar-refractivity contribution in [1.82, 2.24) is 0 Å². The average molecular weight is 674 g/mol. The number of benzene rings is 1. The summed E-state index contributed by atoms with van der Waals surface area (Å²) in [5.41, 5.74) is -0.574. The zero-order chi connectivity index (χ0) is 22.6. The van der Waals surface area contributed by atoms with E-state index in [0.29, 0.717) is 0 Å².